The van der Waals surface area contributed by atoms with Gasteiger partial charge in [-0.05, 0) is 6.07 Å². The third-order valence-electron chi connectivity index (χ3n) is 1.43. The van der Waals surface area contributed by atoms with Gasteiger partial charge in [-0.3, -0.25) is 14.9 Å². The Balaban J connectivity index is 2.92. The van der Waals surface area contributed by atoms with Crippen LogP contribution in [0.25, 0.3) is 6.08 Å². The van der Waals surface area contributed by atoms with E-state index in [1.54, 1.807) is 0 Å². The van der Waals surface area contributed by atoms with Gasteiger partial charge in [-0.1, -0.05) is 0 Å². The normalized spacial score (nSPS) is 11.1. The van der Waals surface area contributed by atoms with Gasteiger partial charge >= 0.3 is 5.88 Å². The Labute approximate surface area is 78.9 Å². The second kappa shape index (κ2) is 4.22. The molecule has 74 valence electrons. The van der Waals surface area contributed by atoms with Crippen LogP contribution < -0.4 is 0 Å². The zero-order valence-corrected chi connectivity index (χ0v) is 7.30. The molecule has 6 heteroatoms. The highest BCUT2D eigenvalue weighted by Gasteiger charge is 2.10. The number of furan rings is 1. The van der Waals surface area contributed by atoms with Gasteiger partial charge in [0.2, 0.25) is 0 Å². The van der Waals surface area contributed by atoms with Crippen LogP contribution in [-0.4, -0.2) is 18.3 Å². The van der Waals surface area contributed by atoms with Crippen molar-refractivity contribution in [2.45, 2.75) is 0 Å². The predicted molar refractivity (Wildman–Crippen MR) is 46.4 cm³/mol. The summed E-state index contributed by atoms with van der Waals surface area (Å²) in [4.78, 5) is 19.9. The molecule has 1 rings (SSSR count). The summed E-state index contributed by atoms with van der Waals surface area (Å²) >= 11 is 0. The number of hydrogen-bond acceptors (Lipinski definition) is 5. The molecule has 0 amide bonds. The summed E-state index contributed by atoms with van der Waals surface area (Å²) in [6.45, 7) is 0. The number of rotatable bonds is 4. The number of allylic oxidation sites excluding steroid dienone is 1. The fraction of sp³-hybridized carbons (Fsp3) is 0.125. The van der Waals surface area contributed by atoms with Crippen molar-refractivity contribution in [3.05, 3.63) is 33.8 Å². The minimum Gasteiger partial charge on any atom is -0.493 e. The van der Waals surface area contributed by atoms with Crippen LogP contribution >= 0.6 is 0 Å². The smallest absolute Gasteiger partial charge is 0.433 e. The molecule has 1 aromatic rings. The first kappa shape index (κ1) is 9.97. The van der Waals surface area contributed by atoms with Crippen molar-refractivity contribution < 1.29 is 18.9 Å². The Morgan fingerprint density at radius 1 is 1.64 bits per heavy atom. The number of carbonyl (C=O) groups is 1. The number of ether oxygens (including phenoxy) is 1. The molecule has 0 saturated heterocycles. The summed E-state index contributed by atoms with van der Waals surface area (Å²) in [5.41, 5.74) is 0. The Bertz CT molecular complexity index is 379. The van der Waals surface area contributed by atoms with Crippen LogP contribution in [0.4, 0.5) is 5.88 Å². The first-order valence-corrected chi connectivity index (χ1v) is 3.62. The van der Waals surface area contributed by atoms with Crippen molar-refractivity contribution in [2.75, 3.05) is 7.11 Å². The highest BCUT2D eigenvalue weighted by molar-refractivity contribution is 5.78. The van der Waals surface area contributed by atoms with E-state index < -0.39 is 4.92 Å². The molecule has 0 atom stereocenters. The molecular formula is C8H7NO5. The summed E-state index contributed by atoms with van der Waals surface area (Å²) in [6, 6.07) is 2.57. The lowest BCUT2D eigenvalue weighted by molar-refractivity contribution is -0.402. The molecule has 6 nitrogen and oxygen atoms in total. The minimum absolute atomic E-state index is 0.0363. The number of nitro groups is 1. The minimum atomic E-state index is -0.662. The van der Waals surface area contributed by atoms with Gasteiger partial charge in [0.1, 0.15) is 10.7 Å². The van der Waals surface area contributed by atoms with Crippen molar-refractivity contribution in [1.29, 1.82) is 0 Å². The van der Waals surface area contributed by atoms with Gasteiger partial charge in [-0.2, -0.15) is 0 Å². The molecule has 0 bridgehead atoms. The van der Waals surface area contributed by atoms with E-state index in [1.807, 2.05) is 0 Å². The van der Waals surface area contributed by atoms with Gasteiger partial charge in [0.25, 0.3) is 0 Å². The number of methoxy groups -OCH3 is 1. The van der Waals surface area contributed by atoms with Crippen molar-refractivity contribution >= 4 is 18.2 Å². The van der Waals surface area contributed by atoms with Crippen LogP contribution in [0.15, 0.2) is 22.3 Å². The van der Waals surface area contributed by atoms with Gasteiger partial charge < -0.3 is 9.15 Å². The van der Waals surface area contributed by atoms with E-state index in [9.17, 15) is 14.9 Å². The van der Waals surface area contributed by atoms with E-state index in [2.05, 4.69) is 4.74 Å². The zero-order chi connectivity index (χ0) is 10.6. The maximum absolute atomic E-state index is 10.3. The Morgan fingerprint density at radius 2 is 2.36 bits per heavy atom. The summed E-state index contributed by atoms with van der Waals surface area (Å²) in [7, 11) is 1.32. The molecule has 14 heavy (non-hydrogen) atoms. The predicted octanol–water partition coefficient (Wildman–Crippen LogP) is 1.37. The number of carbonyl (C=O) groups excluding carboxylic acids is 1. The molecule has 0 aliphatic carbocycles. The summed E-state index contributed by atoms with van der Waals surface area (Å²) in [6.07, 6.45) is 1.74. The molecule has 0 fully saturated rings. The lowest BCUT2D eigenvalue weighted by Gasteiger charge is -1.93. The zero-order valence-electron chi connectivity index (χ0n) is 7.30. The SMILES string of the molecule is CO/C(C=O)=C\c1ccc([N+](=O)[O-])o1. The molecule has 0 saturated carbocycles. The maximum Gasteiger partial charge on any atom is 0.433 e. The van der Waals surface area contributed by atoms with E-state index >= 15 is 0 Å². The lowest BCUT2D eigenvalue weighted by atomic mass is 10.4. The highest BCUT2D eigenvalue weighted by atomic mass is 16.6. The van der Waals surface area contributed by atoms with E-state index in [1.165, 1.54) is 25.3 Å². The quantitative estimate of drug-likeness (QED) is 0.239. The Hall–Kier alpha value is -2.11. The van der Waals surface area contributed by atoms with E-state index in [0.717, 1.165) is 0 Å². The largest absolute Gasteiger partial charge is 0.493 e. The number of hydrogen-bond donors (Lipinski definition) is 0. The fourth-order valence-electron chi connectivity index (χ4n) is 0.799. The standard InChI is InChI=1S/C8H7NO5/c1-13-7(5-10)4-6-2-3-8(14-6)9(11)12/h2-5H,1H3/b7-4-. The fourth-order valence-corrected chi connectivity index (χ4v) is 0.799. The number of nitrogens with zero attached hydrogens (tertiary/aromatic N) is 1. The van der Waals surface area contributed by atoms with Gasteiger partial charge in [-0.25, -0.2) is 0 Å². The molecule has 0 spiro atoms. The van der Waals surface area contributed by atoms with Crippen LogP contribution in [0.3, 0.4) is 0 Å². The van der Waals surface area contributed by atoms with Gasteiger partial charge in [0.15, 0.2) is 12.0 Å². The number of aldehydes is 1. The third kappa shape index (κ3) is 2.19. The maximum atomic E-state index is 10.3. The molecule has 1 aromatic heterocycles. The van der Waals surface area contributed by atoms with Crippen LogP contribution in [0.1, 0.15) is 5.76 Å². The van der Waals surface area contributed by atoms with Crippen molar-refractivity contribution in [2.24, 2.45) is 0 Å². The summed E-state index contributed by atoms with van der Waals surface area (Å²) in [5.74, 6) is -0.146. The Morgan fingerprint density at radius 3 is 2.79 bits per heavy atom. The lowest BCUT2D eigenvalue weighted by Crippen LogP contribution is -1.86. The molecule has 0 aromatic carbocycles. The van der Waals surface area contributed by atoms with Crippen LogP contribution in [0.2, 0.25) is 0 Å². The van der Waals surface area contributed by atoms with Crippen molar-refractivity contribution in [3.63, 3.8) is 0 Å². The monoisotopic (exact) mass is 197 g/mol. The molecule has 0 aliphatic heterocycles. The van der Waals surface area contributed by atoms with Crippen LogP contribution in [0.5, 0.6) is 0 Å². The van der Waals surface area contributed by atoms with E-state index in [-0.39, 0.29) is 17.4 Å². The highest BCUT2D eigenvalue weighted by Crippen LogP contribution is 2.17. The average Bonchev–Trinajstić information content (AvgIpc) is 2.62. The van der Waals surface area contributed by atoms with Crippen LogP contribution in [-0.2, 0) is 9.53 Å². The van der Waals surface area contributed by atoms with Crippen LogP contribution in [0, 0.1) is 10.1 Å². The van der Waals surface area contributed by atoms with E-state index in [4.69, 9.17) is 4.42 Å². The van der Waals surface area contributed by atoms with Crippen molar-refractivity contribution in [3.8, 4) is 0 Å². The van der Waals surface area contributed by atoms with Gasteiger partial charge in [0.05, 0.1) is 13.2 Å². The average molecular weight is 197 g/mol. The molecule has 0 aliphatic rings. The second-order valence-electron chi connectivity index (χ2n) is 2.30. The summed E-state index contributed by atoms with van der Waals surface area (Å²) in [5, 5.41) is 10.2. The Kier molecular flexibility index (Phi) is 3.01. The van der Waals surface area contributed by atoms with Gasteiger partial charge in [-0.15, -0.1) is 0 Å². The molecule has 0 radical (unpaired) electrons. The molecule has 0 unspecified atom stereocenters. The molecular weight excluding hydrogens is 190 g/mol. The third-order valence-corrected chi connectivity index (χ3v) is 1.43. The first-order chi connectivity index (χ1) is 6.67. The topological polar surface area (TPSA) is 82.6 Å². The first-order valence-electron chi connectivity index (χ1n) is 3.62. The van der Waals surface area contributed by atoms with E-state index in [0.29, 0.717) is 6.29 Å². The van der Waals surface area contributed by atoms with Gasteiger partial charge in [0, 0.05) is 6.08 Å². The molecule has 1 heterocycles. The molecule has 0 N–H and O–H groups in total. The summed E-state index contributed by atoms with van der Waals surface area (Å²) < 4.78 is 9.40. The van der Waals surface area contributed by atoms with Crippen molar-refractivity contribution in [1.82, 2.24) is 0 Å². The second-order valence-corrected chi connectivity index (χ2v) is 2.30.